The minimum absolute atomic E-state index is 0. The van der Waals surface area contributed by atoms with Gasteiger partial charge in [0.25, 0.3) is 0 Å². The SMILES string of the molecule is CNc1cc(CNCCC(C)C)cc(S(N)(=O)=O)c1Oc1ccccc1.O. The van der Waals surface area contributed by atoms with Crippen molar-refractivity contribution in [3.05, 3.63) is 48.0 Å². The predicted octanol–water partition coefficient (Wildman–Crippen LogP) is 2.48. The van der Waals surface area contributed by atoms with Crippen LogP contribution in [-0.4, -0.2) is 27.5 Å². The lowest BCUT2D eigenvalue weighted by atomic mass is 10.1. The van der Waals surface area contributed by atoms with Crippen molar-refractivity contribution < 1.29 is 18.6 Å². The summed E-state index contributed by atoms with van der Waals surface area (Å²) in [6, 6.07) is 12.4. The van der Waals surface area contributed by atoms with Gasteiger partial charge in [0.15, 0.2) is 5.75 Å². The maximum absolute atomic E-state index is 12.1. The fraction of sp³-hybridized carbons (Fsp3) is 0.368. The summed E-state index contributed by atoms with van der Waals surface area (Å²) in [4.78, 5) is -0.0335. The van der Waals surface area contributed by atoms with E-state index in [1.54, 1.807) is 25.2 Å². The van der Waals surface area contributed by atoms with Gasteiger partial charge in [0.1, 0.15) is 10.6 Å². The molecule has 2 aromatic carbocycles. The molecule has 0 fully saturated rings. The Hall–Kier alpha value is -2.13. The molecule has 0 aliphatic carbocycles. The number of primary sulfonamides is 1. The highest BCUT2D eigenvalue weighted by molar-refractivity contribution is 7.89. The number of nitrogens with one attached hydrogen (secondary N) is 2. The van der Waals surface area contributed by atoms with Crippen molar-refractivity contribution in [2.45, 2.75) is 31.7 Å². The third-order valence-corrected chi connectivity index (χ3v) is 4.80. The fourth-order valence-corrected chi connectivity index (χ4v) is 3.22. The normalized spacial score (nSPS) is 11.1. The molecule has 8 heteroatoms. The van der Waals surface area contributed by atoms with Gasteiger partial charge in [0, 0.05) is 13.6 Å². The van der Waals surface area contributed by atoms with Gasteiger partial charge in [-0.1, -0.05) is 32.0 Å². The van der Waals surface area contributed by atoms with E-state index < -0.39 is 10.0 Å². The van der Waals surface area contributed by atoms with Gasteiger partial charge < -0.3 is 20.8 Å². The van der Waals surface area contributed by atoms with Crippen LogP contribution < -0.4 is 20.5 Å². The molecule has 0 saturated heterocycles. The van der Waals surface area contributed by atoms with Crippen molar-refractivity contribution in [1.82, 2.24) is 5.32 Å². The van der Waals surface area contributed by atoms with Crippen LogP contribution >= 0.6 is 0 Å². The zero-order valence-corrected chi connectivity index (χ0v) is 16.8. The number of ether oxygens (including phenoxy) is 1. The molecule has 150 valence electrons. The lowest BCUT2D eigenvalue weighted by molar-refractivity contribution is 0.469. The van der Waals surface area contributed by atoms with Crippen LogP contribution in [0.5, 0.6) is 11.5 Å². The first-order chi connectivity index (χ1) is 12.3. The van der Waals surface area contributed by atoms with Crippen LogP contribution in [0.4, 0.5) is 5.69 Å². The van der Waals surface area contributed by atoms with Gasteiger partial charge in [-0.25, -0.2) is 13.6 Å². The Balaban J connectivity index is 0.00000364. The van der Waals surface area contributed by atoms with E-state index in [-0.39, 0.29) is 16.1 Å². The second-order valence-corrected chi connectivity index (χ2v) is 8.07. The Kier molecular flexibility index (Phi) is 8.71. The van der Waals surface area contributed by atoms with E-state index >= 15 is 0 Å². The lowest BCUT2D eigenvalue weighted by Crippen LogP contribution is -2.18. The zero-order chi connectivity index (χ0) is 19.2. The smallest absolute Gasteiger partial charge is 0.241 e. The van der Waals surface area contributed by atoms with Gasteiger partial charge in [0.05, 0.1) is 5.69 Å². The van der Waals surface area contributed by atoms with Crippen molar-refractivity contribution in [1.29, 1.82) is 0 Å². The van der Waals surface area contributed by atoms with Gasteiger partial charge in [-0.05, 0) is 48.7 Å². The van der Waals surface area contributed by atoms with E-state index in [2.05, 4.69) is 24.5 Å². The molecular weight excluding hydrogens is 366 g/mol. The van der Waals surface area contributed by atoms with Crippen LogP contribution in [0.3, 0.4) is 0 Å². The summed E-state index contributed by atoms with van der Waals surface area (Å²) in [5, 5.41) is 11.8. The molecule has 2 rings (SSSR count). The zero-order valence-electron chi connectivity index (χ0n) is 16.0. The van der Waals surface area contributed by atoms with E-state index in [0.717, 1.165) is 18.5 Å². The molecule has 0 aliphatic rings. The Morgan fingerprint density at radius 1 is 1.15 bits per heavy atom. The Morgan fingerprint density at radius 3 is 2.37 bits per heavy atom. The van der Waals surface area contributed by atoms with Crippen molar-refractivity contribution in [2.24, 2.45) is 11.1 Å². The predicted molar refractivity (Wildman–Crippen MR) is 109 cm³/mol. The Bertz CT molecular complexity index is 824. The molecule has 0 saturated carbocycles. The van der Waals surface area contributed by atoms with E-state index in [4.69, 9.17) is 9.88 Å². The molecular formula is C19H29N3O4S. The molecule has 27 heavy (non-hydrogen) atoms. The maximum Gasteiger partial charge on any atom is 0.241 e. The first-order valence-electron chi connectivity index (χ1n) is 8.62. The number of hydrogen-bond acceptors (Lipinski definition) is 5. The van der Waals surface area contributed by atoms with E-state index in [0.29, 0.717) is 23.9 Å². The summed E-state index contributed by atoms with van der Waals surface area (Å²) < 4.78 is 30.1. The topological polar surface area (TPSA) is 125 Å². The molecule has 0 bridgehead atoms. The summed E-state index contributed by atoms with van der Waals surface area (Å²) >= 11 is 0. The van der Waals surface area contributed by atoms with Crippen molar-refractivity contribution in [3.8, 4) is 11.5 Å². The molecule has 0 atom stereocenters. The van der Waals surface area contributed by atoms with Crippen LogP contribution in [0.25, 0.3) is 0 Å². The van der Waals surface area contributed by atoms with Gasteiger partial charge in [-0.15, -0.1) is 0 Å². The first kappa shape index (κ1) is 22.9. The lowest BCUT2D eigenvalue weighted by Gasteiger charge is -2.17. The van der Waals surface area contributed by atoms with Crippen molar-refractivity contribution >= 4 is 15.7 Å². The van der Waals surface area contributed by atoms with Crippen LogP contribution in [-0.2, 0) is 16.6 Å². The van der Waals surface area contributed by atoms with Gasteiger partial charge in [-0.3, -0.25) is 0 Å². The summed E-state index contributed by atoms with van der Waals surface area (Å²) in [5.41, 5.74) is 1.39. The number of anilines is 1. The van der Waals surface area contributed by atoms with Crippen molar-refractivity contribution in [3.63, 3.8) is 0 Å². The number of hydrogen-bond donors (Lipinski definition) is 3. The summed E-state index contributed by atoms with van der Waals surface area (Å²) in [7, 11) is -2.23. The molecule has 2 aromatic rings. The molecule has 0 unspecified atom stereocenters. The quantitative estimate of drug-likeness (QED) is 0.563. The average molecular weight is 396 g/mol. The number of para-hydroxylation sites is 1. The monoisotopic (exact) mass is 395 g/mol. The van der Waals surface area contributed by atoms with Crippen LogP contribution in [0.2, 0.25) is 0 Å². The standard InChI is InChI=1S/C19H27N3O3S.H2O/c1-14(2)9-10-22-13-15-11-17(21-3)19(18(12-15)26(20,23)24)25-16-7-5-4-6-8-16;/h4-8,11-12,14,21-22H,9-10,13H2,1-3H3,(H2,20,23,24);1H2. The molecule has 0 heterocycles. The minimum atomic E-state index is -3.95. The number of nitrogens with two attached hydrogens (primary N) is 1. The summed E-state index contributed by atoms with van der Waals surface area (Å²) in [6.45, 7) is 5.74. The Morgan fingerprint density at radius 2 is 1.81 bits per heavy atom. The van der Waals surface area contributed by atoms with E-state index in [1.165, 1.54) is 0 Å². The third-order valence-electron chi connectivity index (χ3n) is 3.88. The molecule has 0 aliphatic heterocycles. The van der Waals surface area contributed by atoms with Gasteiger partial charge in [0.2, 0.25) is 10.0 Å². The fourth-order valence-electron chi connectivity index (χ4n) is 2.49. The second kappa shape index (κ2) is 10.3. The molecule has 0 radical (unpaired) electrons. The number of rotatable bonds is 9. The van der Waals surface area contributed by atoms with Crippen LogP contribution in [0.1, 0.15) is 25.8 Å². The highest BCUT2D eigenvalue weighted by Gasteiger charge is 2.21. The highest BCUT2D eigenvalue weighted by Crippen LogP contribution is 2.36. The van der Waals surface area contributed by atoms with E-state index in [9.17, 15) is 8.42 Å². The van der Waals surface area contributed by atoms with Crippen LogP contribution in [0.15, 0.2) is 47.4 Å². The molecule has 0 spiro atoms. The summed E-state index contributed by atoms with van der Waals surface area (Å²) in [5.74, 6) is 1.35. The molecule has 0 amide bonds. The van der Waals surface area contributed by atoms with E-state index in [1.807, 2.05) is 24.3 Å². The maximum atomic E-state index is 12.1. The van der Waals surface area contributed by atoms with Crippen molar-refractivity contribution in [2.75, 3.05) is 18.9 Å². The van der Waals surface area contributed by atoms with Crippen LogP contribution in [0, 0.1) is 5.92 Å². The first-order valence-corrected chi connectivity index (χ1v) is 10.2. The van der Waals surface area contributed by atoms with Gasteiger partial charge >= 0.3 is 0 Å². The average Bonchev–Trinajstić information content (AvgIpc) is 2.59. The number of sulfonamides is 1. The highest BCUT2D eigenvalue weighted by atomic mass is 32.2. The van der Waals surface area contributed by atoms with Gasteiger partial charge in [-0.2, -0.15) is 0 Å². The minimum Gasteiger partial charge on any atom is -0.454 e. The summed E-state index contributed by atoms with van der Waals surface area (Å²) in [6.07, 6.45) is 1.05. The molecule has 6 N–H and O–H groups in total. The third kappa shape index (κ3) is 6.84. The largest absolute Gasteiger partial charge is 0.454 e. The molecule has 7 nitrogen and oxygen atoms in total. The number of benzene rings is 2. The molecule has 0 aromatic heterocycles. The Labute approximate surface area is 161 Å². The second-order valence-electron chi connectivity index (χ2n) is 6.54.